The number of rotatable bonds is 32. The summed E-state index contributed by atoms with van der Waals surface area (Å²) < 4.78 is 21.3. The average molecular weight is 713 g/mol. The first-order valence-corrected chi connectivity index (χ1v) is 20.8. The molecule has 8 heteroatoms. The van der Waals surface area contributed by atoms with Crippen LogP contribution < -0.4 is 0 Å². The highest BCUT2D eigenvalue weighted by Crippen LogP contribution is 2.17. The predicted molar refractivity (Wildman–Crippen MR) is 205 cm³/mol. The van der Waals surface area contributed by atoms with Crippen molar-refractivity contribution in [1.82, 2.24) is 0 Å². The second-order valence-electron chi connectivity index (χ2n) is 14.1. The maximum atomic E-state index is 11.8. The highest BCUT2D eigenvalue weighted by Gasteiger charge is 2.15. The Morgan fingerprint density at radius 3 is 0.760 bits per heavy atom. The van der Waals surface area contributed by atoms with Gasteiger partial charge in [-0.25, -0.2) is 0 Å². The number of carbonyl (C=O) groups is 4. The second-order valence-corrected chi connectivity index (χ2v) is 14.1. The Kier molecular flexibility index (Phi) is 36.7. The minimum atomic E-state index is -0.292. The van der Waals surface area contributed by atoms with Crippen molar-refractivity contribution in [2.75, 3.05) is 26.4 Å². The molecule has 0 fully saturated rings. The van der Waals surface area contributed by atoms with Crippen LogP contribution >= 0.6 is 0 Å². The molecule has 0 saturated carbocycles. The zero-order valence-corrected chi connectivity index (χ0v) is 34.0. The van der Waals surface area contributed by atoms with Crippen LogP contribution in [0.2, 0.25) is 0 Å². The molecular formula is C42H80O8. The summed E-state index contributed by atoms with van der Waals surface area (Å²) in [4.78, 5) is 47.1. The smallest absolute Gasteiger partial charge is 0.306 e. The lowest BCUT2D eigenvalue weighted by Crippen LogP contribution is -2.17. The van der Waals surface area contributed by atoms with Gasteiger partial charge in [-0.15, -0.1) is 0 Å². The molecule has 0 aliphatic carbocycles. The molecule has 8 nitrogen and oxygen atoms in total. The van der Waals surface area contributed by atoms with E-state index in [1.54, 1.807) is 0 Å². The lowest BCUT2D eigenvalue weighted by atomic mass is 10.0. The third kappa shape index (κ3) is 31.8. The SMILES string of the molecule is CCCCC(CC)COC(=O)CCC(=O)OCC(CC)CCCC.CCCCC(CC)COC(=O)CCCCC(=O)OCC(CC)CCCC. The number of hydrogen-bond donors (Lipinski definition) is 0. The number of ether oxygens (including phenoxy) is 4. The number of unbranched alkanes of at least 4 members (excludes halogenated alkanes) is 5. The van der Waals surface area contributed by atoms with Crippen molar-refractivity contribution >= 4 is 23.9 Å². The Morgan fingerprint density at radius 2 is 0.560 bits per heavy atom. The molecule has 0 heterocycles. The monoisotopic (exact) mass is 713 g/mol. The average Bonchev–Trinajstić information content (AvgIpc) is 3.13. The molecule has 0 bridgehead atoms. The molecular weight excluding hydrogens is 632 g/mol. The highest BCUT2D eigenvalue weighted by molar-refractivity contribution is 5.77. The highest BCUT2D eigenvalue weighted by atomic mass is 16.5. The molecule has 0 aromatic rings. The van der Waals surface area contributed by atoms with Crippen LogP contribution in [0.15, 0.2) is 0 Å². The summed E-state index contributed by atoms with van der Waals surface area (Å²) in [6, 6.07) is 0. The van der Waals surface area contributed by atoms with E-state index in [1.807, 2.05) is 0 Å². The van der Waals surface area contributed by atoms with Crippen molar-refractivity contribution in [2.24, 2.45) is 23.7 Å². The Balaban J connectivity index is 0. The fourth-order valence-corrected chi connectivity index (χ4v) is 5.47. The summed E-state index contributed by atoms with van der Waals surface area (Å²) in [5.41, 5.74) is 0. The Morgan fingerprint density at radius 1 is 0.340 bits per heavy atom. The summed E-state index contributed by atoms with van der Waals surface area (Å²) in [5.74, 6) is 0.966. The molecule has 0 aliphatic rings. The van der Waals surface area contributed by atoms with Gasteiger partial charge in [-0.3, -0.25) is 19.2 Å². The van der Waals surface area contributed by atoms with Gasteiger partial charge in [0.2, 0.25) is 0 Å². The Hall–Kier alpha value is -2.12. The van der Waals surface area contributed by atoms with E-state index in [0.717, 1.165) is 64.2 Å². The first kappa shape index (κ1) is 50.0. The lowest BCUT2D eigenvalue weighted by molar-refractivity contribution is -0.151. The van der Waals surface area contributed by atoms with Crippen molar-refractivity contribution in [3.63, 3.8) is 0 Å². The van der Waals surface area contributed by atoms with Gasteiger partial charge in [0.25, 0.3) is 0 Å². The largest absolute Gasteiger partial charge is 0.465 e. The lowest BCUT2D eigenvalue weighted by Gasteiger charge is -2.15. The molecule has 50 heavy (non-hydrogen) atoms. The molecule has 0 amide bonds. The molecule has 0 aromatic carbocycles. The van der Waals surface area contributed by atoms with Crippen LogP contribution in [0.1, 0.15) is 197 Å². The van der Waals surface area contributed by atoms with Crippen LogP contribution in [-0.4, -0.2) is 50.3 Å². The summed E-state index contributed by atoms with van der Waals surface area (Å²) in [5, 5.41) is 0. The number of esters is 4. The first-order chi connectivity index (χ1) is 24.1. The maximum Gasteiger partial charge on any atom is 0.306 e. The van der Waals surface area contributed by atoms with Gasteiger partial charge in [-0.1, -0.05) is 132 Å². The van der Waals surface area contributed by atoms with E-state index in [0.29, 0.717) is 75.8 Å². The van der Waals surface area contributed by atoms with Gasteiger partial charge in [0.05, 0.1) is 39.3 Å². The Bertz CT molecular complexity index is 748. The van der Waals surface area contributed by atoms with E-state index < -0.39 is 0 Å². The second kappa shape index (κ2) is 36.7. The summed E-state index contributed by atoms with van der Waals surface area (Å²) >= 11 is 0. The third-order valence-corrected chi connectivity index (χ3v) is 9.64. The van der Waals surface area contributed by atoms with Crippen molar-refractivity contribution in [3.8, 4) is 0 Å². The summed E-state index contributed by atoms with van der Waals surface area (Å²) in [6.45, 7) is 19.2. The predicted octanol–water partition coefficient (Wildman–Crippen LogP) is 11.4. The Labute approximate surface area is 308 Å². The third-order valence-electron chi connectivity index (χ3n) is 9.64. The first-order valence-electron chi connectivity index (χ1n) is 20.8. The number of carbonyl (C=O) groups excluding carboxylic acids is 4. The van der Waals surface area contributed by atoms with Crippen LogP contribution in [0.3, 0.4) is 0 Å². The van der Waals surface area contributed by atoms with Crippen LogP contribution in [0.25, 0.3) is 0 Å². The van der Waals surface area contributed by atoms with Gasteiger partial charge >= 0.3 is 23.9 Å². The zero-order chi connectivity index (χ0) is 37.8. The number of hydrogen-bond acceptors (Lipinski definition) is 8. The molecule has 296 valence electrons. The molecule has 0 aliphatic heterocycles. The summed E-state index contributed by atoms with van der Waals surface area (Å²) in [7, 11) is 0. The van der Waals surface area contributed by atoms with Crippen LogP contribution in [-0.2, 0) is 38.1 Å². The van der Waals surface area contributed by atoms with Crippen molar-refractivity contribution in [3.05, 3.63) is 0 Å². The van der Waals surface area contributed by atoms with E-state index in [2.05, 4.69) is 55.4 Å². The van der Waals surface area contributed by atoms with Crippen LogP contribution in [0.4, 0.5) is 0 Å². The van der Waals surface area contributed by atoms with Crippen LogP contribution in [0.5, 0.6) is 0 Å². The quantitative estimate of drug-likeness (QED) is 0.0385. The fraction of sp³-hybridized carbons (Fsp3) is 0.905. The van der Waals surface area contributed by atoms with E-state index in [-0.39, 0.29) is 36.7 Å². The van der Waals surface area contributed by atoms with Crippen molar-refractivity contribution in [1.29, 1.82) is 0 Å². The molecule has 0 aromatic heterocycles. The van der Waals surface area contributed by atoms with Gasteiger partial charge < -0.3 is 18.9 Å². The van der Waals surface area contributed by atoms with E-state index in [9.17, 15) is 19.2 Å². The molecule has 0 radical (unpaired) electrons. The zero-order valence-electron chi connectivity index (χ0n) is 34.0. The van der Waals surface area contributed by atoms with Gasteiger partial charge in [-0.2, -0.15) is 0 Å². The molecule has 0 spiro atoms. The molecule has 4 unspecified atom stereocenters. The fourth-order valence-electron chi connectivity index (χ4n) is 5.47. The maximum absolute atomic E-state index is 11.8. The molecule has 0 rings (SSSR count). The van der Waals surface area contributed by atoms with E-state index in [1.165, 1.54) is 38.5 Å². The van der Waals surface area contributed by atoms with Crippen LogP contribution in [0, 0.1) is 23.7 Å². The minimum Gasteiger partial charge on any atom is -0.465 e. The minimum absolute atomic E-state index is 0.120. The van der Waals surface area contributed by atoms with Crippen molar-refractivity contribution in [2.45, 2.75) is 197 Å². The standard InChI is InChI=1S/C22H42O4.C20H38O4/c1-5-9-13-19(7-3)17-25-21(23)15-11-12-16-22(24)26-18-20(8-4)14-10-6-2;1-5-9-11-17(7-3)15-23-19(21)13-14-20(22)24-16-18(8-4)12-10-6-2/h19-20H,5-18H2,1-4H3;17-18H,5-16H2,1-4H3. The van der Waals surface area contributed by atoms with E-state index >= 15 is 0 Å². The van der Waals surface area contributed by atoms with Gasteiger partial charge in [0, 0.05) is 12.8 Å². The summed E-state index contributed by atoms with van der Waals surface area (Å²) in [6.07, 6.45) is 20.4. The van der Waals surface area contributed by atoms with Crippen molar-refractivity contribution < 1.29 is 38.1 Å². The normalized spacial score (nSPS) is 13.3. The molecule has 0 saturated heterocycles. The van der Waals surface area contributed by atoms with Gasteiger partial charge in [0.15, 0.2) is 0 Å². The molecule has 4 atom stereocenters. The topological polar surface area (TPSA) is 105 Å². The van der Waals surface area contributed by atoms with Gasteiger partial charge in [0.1, 0.15) is 0 Å². The molecule has 0 N–H and O–H groups in total. The van der Waals surface area contributed by atoms with E-state index in [4.69, 9.17) is 18.9 Å². The van der Waals surface area contributed by atoms with Gasteiger partial charge in [-0.05, 0) is 62.2 Å².